The van der Waals surface area contributed by atoms with Crippen molar-refractivity contribution in [3.8, 4) is 0 Å². The summed E-state index contributed by atoms with van der Waals surface area (Å²) >= 11 is 0. The topological polar surface area (TPSA) is 59.1 Å². The van der Waals surface area contributed by atoms with Crippen LogP contribution in [0, 0.1) is 6.20 Å². The zero-order valence-corrected chi connectivity index (χ0v) is 8.42. The molecule has 1 aromatic heterocycles. The van der Waals surface area contributed by atoms with Crippen molar-refractivity contribution in [2.75, 3.05) is 18.1 Å². The summed E-state index contributed by atoms with van der Waals surface area (Å²) in [5.74, 6) is 0.374. The van der Waals surface area contributed by atoms with E-state index >= 15 is 0 Å². The smallest absolute Gasteiger partial charge is 0.153 e. The van der Waals surface area contributed by atoms with E-state index in [-0.39, 0.29) is 17.5 Å². The lowest BCUT2D eigenvalue weighted by Gasteiger charge is -2.23. The van der Waals surface area contributed by atoms with Gasteiger partial charge in [0.05, 0.1) is 17.7 Å². The van der Waals surface area contributed by atoms with Crippen LogP contribution in [0.2, 0.25) is 0 Å². The lowest BCUT2D eigenvalue weighted by molar-refractivity contribution is 0.530. The van der Waals surface area contributed by atoms with Crippen molar-refractivity contribution < 1.29 is 8.42 Å². The second-order valence-corrected chi connectivity index (χ2v) is 5.55. The van der Waals surface area contributed by atoms with Crippen LogP contribution in [0.15, 0.2) is 18.3 Å². The molecule has 1 N–H and O–H groups in total. The van der Waals surface area contributed by atoms with E-state index in [0.717, 1.165) is 5.56 Å². The Kier molecular flexibility index (Phi) is 2.52. The summed E-state index contributed by atoms with van der Waals surface area (Å²) < 4.78 is 22.7. The average Bonchev–Trinajstić information content (AvgIpc) is 2.18. The minimum Gasteiger partial charge on any atom is -0.308 e. The fourth-order valence-corrected chi connectivity index (χ4v) is 2.92. The van der Waals surface area contributed by atoms with Gasteiger partial charge in [-0.05, 0) is 11.6 Å². The number of aromatic nitrogens is 1. The minimum atomic E-state index is -2.89. The van der Waals surface area contributed by atoms with Gasteiger partial charge >= 0.3 is 0 Å². The molecule has 1 atom stereocenters. The third-order valence-corrected chi connectivity index (χ3v) is 3.90. The summed E-state index contributed by atoms with van der Waals surface area (Å²) in [6, 6.07) is 3.47. The van der Waals surface area contributed by atoms with Gasteiger partial charge in [0.15, 0.2) is 9.84 Å². The van der Waals surface area contributed by atoms with Crippen molar-refractivity contribution in [2.45, 2.75) is 6.04 Å². The zero-order chi connectivity index (χ0) is 10.0. The molecule has 5 heteroatoms. The highest BCUT2D eigenvalue weighted by atomic mass is 32.2. The van der Waals surface area contributed by atoms with Crippen molar-refractivity contribution in [1.29, 1.82) is 0 Å². The number of sulfone groups is 1. The summed E-state index contributed by atoms with van der Waals surface area (Å²) in [4.78, 5) is 3.85. The van der Waals surface area contributed by atoms with Gasteiger partial charge in [-0.3, -0.25) is 4.98 Å². The molecule has 0 aromatic carbocycles. The second kappa shape index (κ2) is 3.67. The van der Waals surface area contributed by atoms with E-state index in [1.54, 1.807) is 12.3 Å². The van der Waals surface area contributed by atoms with Crippen molar-refractivity contribution in [3.63, 3.8) is 0 Å². The van der Waals surface area contributed by atoms with E-state index in [0.29, 0.717) is 6.54 Å². The molecule has 1 radical (unpaired) electrons. The standard InChI is InChI=1S/C9H11N2O2S/c12-14(13)5-4-11-9(7-14)8-2-1-3-10-6-8/h1-3,9,11H,4-5,7H2. The number of hydrogen-bond acceptors (Lipinski definition) is 4. The van der Waals surface area contributed by atoms with Gasteiger partial charge in [-0.2, -0.15) is 0 Å². The Morgan fingerprint density at radius 2 is 2.43 bits per heavy atom. The third-order valence-electron chi connectivity index (χ3n) is 2.23. The first kappa shape index (κ1) is 9.61. The normalized spacial score (nSPS) is 25.9. The quantitative estimate of drug-likeness (QED) is 0.707. The van der Waals surface area contributed by atoms with Crippen LogP contribution >= 0.6 is 0 Å². The predicted octanol–water partition coefficient (Wildman–Crippen LogP) is -0.0591. The first-order chi connectivity index (χ1) is 6.67. The van der Waals surface area contributed by atoms with Crippen LogP contribution in [0.1, 0.15) is 11.6 Å². The van der Waals surface area contributed by atoms with E-state index < -0.39 is 9.84 Å². The van der Waals surface area contributed by atoms with Crippen LogP contribution in [0.3, 0.4) is 0 Å². The highest BCUT2D eigenvalue weighted by Crippen LogP contribution is 2.16. The molecule has 1 aromatic rings. The van der Waals surface area contributed by atoms with Crippen LogP contribution in [0.5, 0.6) is 0 Å². The van der Waals surface area contributed by atoms with Crippen molar-refractivity contribution in [2.24, 2.45) is 0 Å². The fraction of sp³-hybridized carbons (Fsp3) is 0.444. The molecule has 1 aliphatic rings. The zero-order valence-electron chi connectivity index (χ0n) is 7.60. The Labute approximate surface area is 83.3 Å². The molecule has 1 unspecified atom stereocenters. The molecule has 1 fully saturated rings. The molecule has 4 nitrogen and oxygen atoms in total. The first-order valence-corrected chi connectivity index (χ1v) is 6.26. The van der Waals surface area contributed by atoms with E-state index in [4.69, 9.17) is 0 Å². The largest absolute Gasteiger partial charge is 0.308 e. The molecular formula is C9H11N2O2S. The molecule has 2 rings (SSSR count). The molecule has 2 heterocycles. The maximum absolute atomic E-state index is 11.4. The summed E-state index contributed by atoms with van der Waals surface area (Å²) in [7, 11) is -2.89. The molecule has 0 aliphatic carbocycles. The molecule has 0 spiro atoms. The Balaban J connectivity index is 2.21. The van der Waals surface area contributed by atoms with Gasteiger partial charge in [-0.1, -0.05) is 6.07 Å². The van der Waals surface area contributed by atoms with Gasteiger partial charge in [-0.25, -0.2) is 8.42 Å². The molecule has 0 amide bonds. The number of pyridine rings is 1. The maximum Gasteiger partial charge on any atom is 0.153 e. The highest BCUT2D eigenvalue weighted by molar-refractivity contribution is 7.91. The maximum atomic E-state index is 11.4. The van der Waals surface area contributed by atoms with Gasteiger partial charge in [0.25, 0.3) is 0 Å². The Morgan fingerprint density at radius 1 is 1.57 bits per heavy atom. The van der Waals surface area contributed by atoms with Crippen LogP contribution in [0.25, 0.3) is 0 Å². The molecule has 0 saturated carbocycles. The van der Waals surface area contributed by atoms with E-state index in [1.807, 2.05) is 6.07 Å². The molecule has 1 aliphatic heterocycles. The summed E-state index contributed by atoms with van der Waals surface area (Å²) in [5, 5.41) is 3.14. The van der Waals surface area contributed by atoms with E-state index in [1.165, 1.54) is 0 Å². The Bertz CT molecular complexity index is 402. The van der Waals surface area contributed by atoms with Crippen LogP contribution < -0.4 is 5.32 Å². The van der Waals surface area contributed by atoms with E-state index in [9.17, 15) is 8.42 Å². The molecular weight excluding hydrogens is 200 g/mol. The van der Waals surface area contributed by atoms with Crippen LogP contribution in [-0.2, 0) is 9.84 Å². The monoisotopic (exact) mass is 211 g/mol. The molecule has 75 valence electrons. The van der Waals surface area contributed by atoms with Crippen molar-refractivity contribution in [1.82, 2.24) is 10.3 Å². The number of hydrogen-bond donors (Lipinski definition) is 1. The average molecular weight is 211 g/mol. The van der Waals surface area contributed by atoms with Crippen molar-refractivity contribution >= 4 is 9.84 Å². The molecule has 0 bridgehead atoms. The van der Waals surface area contributed by atoms with Gasteiger partial charge in [-0.15, -0.1) is 0 Å². The lowest BCUT2D eigenvalue weighted by Crippen LogP contribution is -2.39. The van der Waals surface area contributed by atoms with Crippen LogP contribution in [-0.4, -0.2) is 31.5 Å². The van der Waals surface area contributed by atoms with Crippen molar-refractivity contribution in [3.05, 3.63) is 30.1 Å². The summed E-state index contributed by atoms with van der Waals surface area (Å²) in [6.45, 7) is 0.510. The lowest BCUT2D eigenvalue weighted by atomic mass is 10.1. The van der Waals surface area contributed by atoms with Crippen LogP contribution in [0.4, 0.5) is 0 Å². The fourth-order valence-electron chi connectivity index (χ4n) is 1.52. The molecule has 1 saturated heterocycles. The van der Waals surface area contributed by atoms with Gasteiger partial charge in [0.1, 0.15) is 0 Å². The number of nitrogens with one attached hydrogen (secondary N) is 1. The summed E-state index contributed by atoms with van der Waals surface area (Å²) in [5.41, 5.74) is 0.816. The Morgan fingerprint density at radius 3 is 3.07 bits per heavy atom. The van der Waals surface area contributed by atoms with Gasteiger partial charge in [0, 0.05) is 18.8 Å². The number of nitrogens with zero attached hydrogens (tertiary/aromatic N) is 1. The first-order valence-electron chi connectivity index (χ1n) is 4.44. The SMILES string of the molecule is O=S1(=O)CCNC(c2[c]nccc2)C1. The predicted molar refractivity (Wildman–Crippen MR) is 52.5 cm³/mol. The number of rotatable bonds is 1. The van der Waals surface area contributed by atoms with Gasteiger partial charge < -0.3 is 5.32 Å². The van der Waals surface area contributed by atoms with Gasteiger partial charge in [0.2, 0.25) is 0 Å². The summed E-state index contributed by atoms with van der Waals surface area (Å²) in [6.07, 6.45) is 4.42. The Hall–Kier alpha value is -0.940. The minimum absolute atomic E-state index is 0.148. The second-order valence-electron chi connectivity index (χ2n) is 3.33. The highest BCUT2D eigenvalue weighted by Gasteiger charge is 2.25. The van der Waals surface area contributed by atoms with E-state index in [2.05, 4.69) is 16.5 Å². The molecule has 14 heavy (non-hydrogen) atoms. The third kappa shape index (κ3) is 2.10.